The van der Waals surface area contributed by atoms with E-state index < -0.39 is 0 Å². The van der Waals surface area contributed by atoms with Crippen LogP contribution in [-0.4, -0.2) is 22.0 Å². The van der Waals surface area contributed by atoms with Gasteiger partial charge in [-0.25, -0.2) is 0 Å². The first kappa shape index (κ1) is 13.5. The fourth-order valence-corrected chi connectivity index (χ4v) is 2.02. The Morgan fingerprint density at radius 2 is 2.06 bits per heavy atom. The van der Waals surface area contributed by atoms with E-state index in [0.717, 1.165) is 17.9 Å². The number of hydrogen-bond donors (Lipinski definition) is 1. The molecule has 0 aliphatic carbocycles. The summed E-state index contributed by atoms with van der Waals surface area (Å²) in [5, 5.41) is 8.08. The molecule has 92 valence electrons. The molecule has 0 amide bonds. The molecule has 0 saturated heterocycles. The second-order valence-electron chi connectivity index (χ2n) is 5.07. The summed E-state index contributed by atoms with van der Waals surface area (Å²) in [6, 6.07) is 0.264. The molecule has 0 radical (unpaired) electrons. The number of nitrogens with two attached hydrogens (primary N) is 1. The maximum atomic E-state index is 5.67. The highest BCUT2D eigenvalue weighted by Crippen LogP contribution is 2.22. The molecule has 0 spiro atoms. The Balaban J connectivity index is 2.36. The fourth-order valence-electron chi connectivity index (χ4n) is 1.04. The van der Waals surface area contributed by atoms with Gasteiger partial charge in [0.25, 0.3) is 0 Å². The first-order valence-corrected chi connectivity index (χ1v) is 6.71. The van der Waals surface area contributed by atoms with Crippen LogP contribution in [0, 0.1) is 0 Å². The van der Waals surface area contributed by atoms with Gasteiger partial charge in [0.2, 0.25) is 11.8 Å². The molecule has 0 aliphatic rings. The second kappa shape index (κ2) is 5.68. The molecule has 0 bridgehead atoms. The summed E-state index contributed by atoms with van der Waals surface area (Å²) in [5.74, 6) is 3.22. The number of hydrogen-bond acceptors (Lipinski definition) is 5. The van der Waals surface area contributed by atoms with Gasteiger partial charge in [-0.2, -0.15) is 11.8 Å². The summed E-state index contributed by atoms with van der Waals surface area (Å²) >= 11 is 1.78. The number of aromatic nitrogens is 2. The predicted octanol–water partition coefficient (Wildman–Crippen LogP) is 2.34. The lowest BCUT2D eigenvalue weighted by atomic mass is 9.97. The van der Waals surface area contributed by atoms with Crippen molar-refractivity contribution in [3.63, 3.8) is 0 Å². The van der Waals surface area contributed by atoms with Gasteiger partial charge in [0.15, 0.2) is 0 Å². The van der Waals surface area contributed by atoms with Crippen molar-refractivity contribution < 1.29 is 4.42 Å². The molecule has 2 N–H and O–H groups in total. The lowest BCUT2D eigenvalue weighted by molar-refractivity contribution is 0.378. The maximum absolute atomic E-state index is 5.67. The summed E-state index contributed by atoms with van der Waals surface area (Å²) in [5.41, 5.74) is 5.60. The van der Waals surface area contributed by atoms with E-state index in [0.29, 0.717) is 11.8 Å². The van der Waals surface area contributed by atoms with Crippen molar-refractivity contribution in [1.29, 1.82) is 0 Å². The SMILES string of the molecule is CC(N)CCSCc1nnc(C(C)(C)C)o1. The minimum absolute atomic E-state index is 0.0678. The van der Waals surface area contributed by atoms with Crippen LogP contribution in [0.3, 0.4) is 0 Å². The highest BCUT2D eigenvalue weighted by molar-refractivity contribution is 7.98. The molecule has 1 rings (SSSR count). The first-order valence-electron chi connectivity index (χ1n) is 5.56. The van der Waals surface area contributed by atoms with Crippen molar-refractivity contribution in [2.75, 3.05) is 5.75 Å². The van der Waals surface area contributed by atoms with Crippen molar-refractivity contribution in [2.24, 2.45) is 5.73 Å². The molecule has 5 heteroatoms. The highest BCUT2D eigenvalue weighted by Gasteiger charge is 2.21. The first-order chi connectivity index (χ1) is 7.39. The normalized spacial score (nSPS) is 14.1. The molecule has 0 fully saturated rings. The minimum atomic E-state index is -0.0678. The Bertz CT molecular complexity index is 317. The van der Waals surface area contributed by atoms with Crippen molar-refractivity contribution in [3.8, 4) is 0 Å². The molecule has 4 nitrogen and oxygen atoms in total. The Morgan fingerprint density at radius 3 is 2.56 bits per heavy atom. The average molecular weight is 243 g/mol. The van der Waals surface area contributed by atoms with Crippen LogP contribution < -0.4 is 5.73 Å². The smallest absolute Gasteiger partial charge is 0.226 e. The molecule has 0 aromatic carbocycles. The van der Waals surface area contributed by atoms with E-state index in [2.05, 4.69) is 31.0 Å². The van der Waals surface area contributed by atoms with Crippen LogP contribution in [0.2, 0.25) is 0 Å². The summed E-state index contributed by atoms with van der Waals surface area (Å²) in [4.78, 5) is 0. The Labute approximate surface area is 101 Å². The molecule has 1 aromatic rings. The van der Waals surface area contributed by atoms with Crippen LogP contribution in [0.4, 0.5) is 0 Å². The monoisotopic (exact) mass is 243 g/mol. The Kier molecular flexibility index (Phi) is 4.80. The molecule has 0 aliphatic heterocycles. The number of thioether (sulfide) groups is 1. The van der Waals surface area contributed by atoms with Crippen LogP contribution >= 0.6 is 11.8 Å². The second-order valence-corrected chi connectivity index (χ2v) is 6.17. The Morgan fingerprint density at radius 1 is 1.38 bits per heavy atom. The maximum Gasteiger partial charge on any atom is 0.226 e. The summed E-state index contributed by atoms with van der Waals surface area (Å²) in [6.07, 6.45) is 1.02. The largest absolute Gasteiger partial charge is 0.424 e. The molecule has 0 saturated carbocycles. The third-order valence-corrected chi connectivity index (χ3v) is 3.03. The summed E-state index contributed by atoms with van der Waals surface area (Å²) < 4.78 is 5.58. The van der Waals surface area contributed by atoms with E-state index in [4.69, 9.17) is 10.2 Å². The van der Waals surface area contributed by atoms with Gasteiger partial charge in [0.05, 0.1) is 5.75 Å². The molecule has 1 atom stereocenters. The topological polar surface area (TPSA) is 64.9 Å². The van der Waals surface area contributed by atoms with Crippen molar-refractivity contribution in [3.05, 3.63) is 11.8 Å². The zero-order valence-corrected chi connectivity index (χ0v) is 11.3. The van der Waals surface area contributed by atoms with Gasteiger partial charge in [-0.3, -0.25) is 0 Å². The van der Waals surface area contributed by atoms with E-state index in [1.54, 1.807) is 11.8 Å². The fraction of sp³-hybridized carbons (Fsp3) is 0.818. The number of nitrogens with zero attached hydrogens (tertiary/aromatic N) is 2. The minimum Gasteiger partial charge on any atom is -0.424 e. The number of rotatable bonds is 5. The summed E-state index contributed by atoms with van der Waals surface area (Å²) in [7, 11) is 0. The van der Waals surface area contributed by atoms with E-state index in [9.17, 15) is 0 Å². The van der Waals surface area contributed by atoms with Gasteiger partial charge in [0.1, 0.15) is 0 Å². The van der Waals surface area contributed by atoms with Crippen LogP contribution in [0.15, 0.2) is 4.42 Å². The van der Waals surface area contributed by atoms with Gasteiger partial charge in [-0.1, -0.05) is 20.8 Å². The van der Waals surface area contributed by atoms with Gasteiger partial charge in [-0.15, -0.1) is 10.2 Å². The Hall–Kier alpha value is -0.550. The van der Waals surface area contributed by atoms with Crippen LogP contribution in [0.25, 0.3) is 0 Å². The van der Waals surface area contributed by atoms with Crippen molar-refractivity contribution in [2.45, 2.75) is 51.3 Å². The highest BCUT2D eigenvalue weighted by atomic mass is 32.2. The van der Waals surface area contributed by atoms with Gasteiger partial charge in [-0.05, 0) is 19.1 Å². The van der Waals surface area contributed by atoms with Crippen LogP contribution in [0.5, 0.6) is 0 Å². The molecule has 1 unspecified atom stereocenters. The quantitative estimate of drug-likeness (QED) is 0.804. The predicted molar refractivity (Wildman–Crippen MR) is 67.4 cm³/mol. The van der Waals surface area contributed by atoms with Crippen LogP contribution in [0.1, 0.15) is 45.9 Å². The van der Waals surface area contributed by atoms with E-state index >= 15 is 0 Å². The zero-order chi connectivity index (χ0) is 12.2. The lowest BCUT2D eigenvalue weighted by Gasteiger charge is -2.10. The summed E-state index contributed by atoms with van der Waals surface area (Å²) in [6.45, 7) is 8.21. The third kappa shape index (κ3) is 4.53. The van der Waals surface area contributed by atoms with Crippen molar-refractivity contribution >= 4 is 11.8 Å². The van der Waals surface area contributed by atoms with Gasteiger partial charge in [0, 0.05) is 11.5 Å². The average Bonchev–Trinajstić information content (AvgIpc) is 2.59. The molecule has 1 aromatic heterocycles. The molecule has 16 heavy (non-hydrogen) atoms. The zero-order valence-electron chi connectivity index (χ0n) is 10.5. The lowest BCUT2D eigenvalue weighted by Crippen LogP contribution is -2.15. The van der Waals surface area contributed by atoms with E-state index in [1.165, 1.54) is 0 Å². The van der Waals surface area contributed by atoms with Crippen molar-refractivity contribution in [1.82, 2.24) is 10.2 Å². The standard InChI is InChI=1S/C11H21N3OS/c1-8(12)5-6-16-7-9-13-14-10(15-9)11(2,3)4/h8H,5-7,12H2,1-4H3. The van der Waals surface area contributed by atoms with Crippen LogP contribution in [-0.2, 0) is 11.2 Å². The van der Waals surface area contributed by atoms with Gasteiger partial charge >= 0.3 is 0 Å². The van der Waals surface area contributed by atoms with E-state index in [-0.39, 0.29) is 11.5 Å². The third-order valence-electron chi connectivity index (χ3n) is 2.05. The molecule has 1 heterocycles. The van der Waals surface area contributed by atoms with Gasteiger partial charge < -0.3 is 10.2 Å². The van der Waals surface area contributed by atoms with E-state index in [1.807, 2.05) is 6.92 Å². The molecular weight excluding hydrogens is 222 g/mol. The molecular formula is C11H21N3OS.